The quantitative estimate of drug-likeness (QED) is 0.605. The molecule has 4 aromatic rings. The fraction of sp³-hybridized carbons (Fsp3) is 0.0500. The van der Waals surface area contributed by atoms with E-state index in [9.17, 15) is 0 Å². The van der Waals surface area contributed by atoms with E-state index >= 15 is 0 Å². The fourth-order valence-corrected chi connectivity index (χ4v) is 2.74. The minimum atomic E-state index is -0.00966. The molecule has 5 heteroatoms. The summed E-state index contributed by atoms with van der Waals surface area (Å²) in [6.45, 7) is 0. The van der Waals surface area contributed by atoms with E-state index in [-0.39, 0.29) is 6.04 Å². The van der Waals surface area contributed by atoms with E-state index in [1.165, 1.54) is 11.1 Å². The van der Waals surface area contributed by atoms with E-state index in [2.05, 4.69) is 44.6 Å². The summed E-state index contributed by atoms with van der Waals surface area (Å²) in [5.41, 5.74) is 2.33. The van der Waals surface area contributed by atoms with Crippen LogP contribution in [0.1, 0.15) is 17.2 Å². The maximum atomic E-state index is 4.63. The van der Waals surface area contributed by atoms with Gasteiger partial charge in [-0.15, -0.1) is 0 Å². The molecule has 0 aliphatic heterocycles. The molecule has 0 amide bonds. The van der Waals surface area contributed by atoms with Crippen LogP contribution < -0.4 is 5.32 Å². The van der Waals surface area contributed by atoms with Crippen LogP contribution in [-0.4, -0.2) is 19.7 Å². The van der Waals surface area contributed by atoms with Gasteiger partial charge in [0.05, 0.1) is 18.4 Å². The Bertz CT molecular complexity index is 881. The Balaban J connectivity index is 1.69. The van der Waals surface area contributed by atoms with Gasteiger partial charge in [0.25, 0.3) is 0 Å². The first kappa shape index (κ1) is 15.1. The summed E-state index contributed by atoms with van der Waals surface area (Å²) < 4.78 is 1.69. The molecule has 2 heterocycles. The first-order valence-electron chi connectivity index (χ1n) is 8.09. The first-order chi connectivity index (χ1) is 12.4. The molecule has 25 heavy (non-hydrogen) atoms. The average Bonchev–Trinajstić information content (AvgIpc) is 3.23. The van der Waals surface area contributed by atoms with Gasteiger partial charge in [-0.2, -0.15) is 5.10 Å². The number of hydrogen-bond donors (Lipinski definition) is 1. The highest BCUT2D eigenvalue weighted by molar-refractivity contribution is 5.44. The van der Waals surface area contributed by atoms with Crippen molar-refractivity contribution in [1.29, 1.82) is 0 Å². The summed E-state index contributed by atoms with van der Waals surface area (Å²) in [6.07, 6.45) is 6.99. The van der Waals surface area contributed by atoms with Crippen LogP contribution in [0.4, 0.5) is 5.82 Å². The third-order valence-electron chi connectivity index (χ3n) is 3.92. The molecule has 5 nitrogen and oxygen atoms in total. The van der Waals surface area contributed by atoms with Gasteiger partial charge in [-0.1, -0.05) is 60.7 Å². The first-order valence-corrected chi connectivity index (χ1v) is 8.09. The molecule has 0 radical (unpaired) electrons. The van der Waals surface area contributed by atoms with E-state index in [1.54, 1.807) is 23.3 Å². The molecule has 2 aromatic carbocycles. The second-order valence-electron chi connectivity index (χ2n) is 5.61. The minimum Gasteiger partial charge on any atom is -0.358 e. The van der Waals surface area contributed by atoms with Crippen LogP contribution in [0, 0.1) is 0 Å². The van der Waals surface area contributed by atoms with Crippen LogP contribution in [0.5, 0.6) is 0 Å². The van der Waals surface area contributed by atoms with Crippen LogP contribution >= 0.6 is 0 Å². The summed E-state index contributed by atoms with van der Waals surface area (Å²) in [7, 11) is 0. The van der Waals surface area contributed by atoms with Crippen molar-refractivity contribution in [2.24, 2.45) is 0 Å². The van der Waals surface area contributed by atoms with Crippen molar-refractivity contribution in [1.82, 2.24) is 19.7 Å². The lowest BCUT2D eigenvalue weighted by Crippen LogP contribution is -2.14. The topological polar surface area (TPSA) is 55.6 Å². The van der Waals surface area contributed by atoms with Gasteiger partial charge in [-0.05, 0) is 17.2 Å². The molecule has 0 aliphatic rings. The van der Waals surface area contributed by atoms with Crippen molar-refractivity contribution >= 4 is 5.82 Å². The van der Waals surface area contributed by atoms with E-state index in [0.717, 1.165) is 0 Å². The number of nitrogens with one attached hydrogen (secondary N) is 1. The van der Waals surface area contributed by atoms with E-state index in [1.807, 2.05) is 48.7 Å². The van der Waals surface area contributed by atoms with Gasteiger partial charge >= 0.3 is 0 Å². The molecule has 0 bridgehead atoms. The van der Waals surface area contributed by atoms with Crippen LogP contribution in [0.2, 0.25) is 0 Å². The molecular weight excluding hydrogens is 310 g/mol. The van der Waals surface area contributed by atoms with Gasteiger partial charge in [0.2, 0.25) is 0 Å². The number of anilines is 1. The average molecular weight is 327 g/mol. The second kappa shape index (κ2) is 6.97. The van der Waals surface area contributed by atoms with Crippen molar-refractivity contribution in [3.63, 3.8) is 0 Å². The molecule has 0 atom stereocenters. The molecule has 0 saturated heterocycles. The SMILES string of the molecule is c1ccc(C(Nc2cncc(-n3cccn3)n2)c2ccccc2)cc1. The molecule has 0 unspecified atom stereocenters. The minimum absolute atomic E-state index is 0.00966. The highest BCUT2D eigenvalue weighted by Gasteiger charge is 2.14. The fourth-order valence-electron chi connectivity index (χ4n) is 2.74. The van der Waals surface area contributed by atoms with Crippen molar-refractivity contribution in [3.05, 3.63) is 103 Å². The highest BCUT2D eigenvalue weighted by Crippen LogP contribution is 2.25. The third kappa shape index (κ3) is 3.40. The Kier molecular flexibility index (Phi) is 4.20. The van der Waals surface area contributed by atoms with Gasteiger partial charge in [-0.3, -0.25) is 4.98 Å². The molecule has 0 aliphatic carbocycles. The van der Waals surface area contributed by atoms with E-state index < -0.39 is 0 Å². The summed E-state index contributed by atoms with van der Waals surface area (Å²) >= 11 is 0. The van der Waals surface area contributed by atoms with Gasteiger partial charge < -0.3 is 5.32 Å². The Morgan fingerprint density at radius 2 is 1.48 bits per heavy atom. The lowest BCUT2D eigenvalue weighted by Gasteiger charge is -2.20. The predicted octanol–water partition coefficient (Wildman–Crippen LogP) is 3.86. The molecular formula is C20H17N5. The van der Waals surface area contributed by atoms with E-state index in [4.69, 9.17) is 0 Å². The normalized spacial score (nSPS) is 10.8. The molecule has 2 aromatic heterocycles. The molecule has 0 spiro atoms. The van der Waals surface area contributed by atoms with Crippen LogP contribution in [0.25, 0.3) is 5.82 Å². The van der Waals surface area contributed by atoms with Crippen LogP contribution in [0.3, 0.4) is 0 Å². The predicted molar refractivity (Wildman–Crippen MR) is 97.5 cm³/mol. The highest BCUT2D eigenvalue weighted by atomic mass is 15.3. The van der Waals surface area contributed by atoms with Crippen LogP contribution in [0.15, 0.2) is 91.5 Å². The monoisotopic (exact) mass is 327 g/mol. The molecule has 4 rings (SSSR count). The smallest absolute Gasteiger partial charge is 0.173 e. The number of benzene rings is 2. The van der Waals surface area contributed by atoms with Crippen molar-refractivity contribution < 1.29 is 0 Å². The lowest BCUT2D eigenvalue weighted by atomic mass is 9.99. The number of hydrogen-bond acceptors (Lipinski definition) is 4. The zero-order chi connectivity index (χ0) is 16.9. The van der Waals surface area contributed by atoms with E-state index in [0.29, 0.717) is 11.6 Å². The maximum absolute atomic E-state index is 4.63. The Hall–Kier alpha value is -3.47. The molecule has 122 valence electrons. The summed E-state index contributed by atoms with van der Waals surface area (Å²) in [5.74, 6) is 1.38. The zero-order valence-corrected chi connectivity index (χ0v) is 13.5. The van der Waals surface area contributed by atoms with Gasteiger partial charge in [-0.25, -0.2) is 9.67 Å². The Morgan fingerprint density at radius 3 is 2.08 bits per heavy atom. The van der Waals surface area contributed by atoms with Crippen molar-refractivity contribution in [2.75, 3.05) is 5.32 Å². The maximum Gasteiger partial charge on any atom is 0.173 e. The Labute approximate surface area is 146 Å². The number of aromatic nitrogens is 4. The molecule has 0 saturated carbocycles. The molecule has 0 fully saturated rings. The molecule has 1 N–H and O–H groups in total. The third-order valence-corrected chi connectivity index (χ3v) is 3.92. The number of rotatable bonds is 5. The van der Waals surface area contributed by atoms with Crippen molar-refractivity contribution in [3.8, 4) is 5.82 Å². The standard InChI is InChI=1S/C20H17N5/c1-3-8-16(9-4-1)20(17-10-5-2-6-11-17)24-18-14-21-15-19(23-18)25-13-7-12-22-25/h1-15,20H,(H,23,24). The van der Waals surface area contributed by atoms with Crippen LogP contribution in [-0.2, 0) is 0 Å². The van der Waals surface area contributed by atoms with Gasteiger partial charge in [0, 0.05) is 12.4 Å². The number of nitrogens with zero attached hydrogens (tertiary/aromatic N) is 4. The van der Waals surface area contributed by atoms with Gasteiger partial charge in [0.1, 0.15) is 5.82 Å². The zero-order valence-electron chi connectivity index (χ0n) is 13.5. The van der Waals surface area contributed by atoms with Gasteiger partial charge in [0.15, 0.2) is 5.82 Å². The lowest BCUT2D eigenvalue weighted by molar-refractivity contribution is 0.831. The summed E-state index contributed by atoms with van der Waals surface area (Å²) in [6, 6.07) is 22.5. The summed E-state index contributed by atoms with van der Waals surface area (Å²) in [5, 5.41) is 7.71. The Morgan fingerprint density at radius 1 is 0.800 bits per heavy atom. The second-order valence-corrected chi connectivity index (χ2v) is 5.61. The largest absolute Gasteiger partial charge is 0.358 e. The summed E-state index contributed by atoms with van der Waals surface area (Å²) in [4.78, 5) is 8.93. The van der Waals surface area contributed by atoms with Crippen molar-refractivity contribution in [2.45, 2.75) is 6.04 Å².